The van der Waals surface area contributed by atoms with Gasteiger partial charge in [0.1, 0.15) is 40.1 Å². The van der Waals surface area contributed by atoms with Crippen molar-refractivity contribution in [1.82, 2.24) is 9.97 Å². The number of methoxy groups -OCH3 is 1. The number of rotatable bonds is 10. The van der Waals surface area contributed by atoms with Crippen molar-refractivity contribution in [2.24, 2.45) is 0 Å². The molecule has 0 radical (unpaired) electrons. The molecule has 0 bridgehead atoms. The lowest BCUT2D eigenvalue weighted by atomic mass is 9.95. The van der Waals surface area contributed by atoms with Crippen LogP contribution in [-0.4, -0.2) is 40.0 Å². The van der Waals surface area contributed by atoms with Crippen molar-refractivity contribution in [3.8, 4) is 40.5 Å². The number of pyridine rings is 1. The number of ether oxygens (including phenoxy) is 1. The van der Waals surface area contributed by atoms with Gasteiger partial charge < -0.3 is 25.1 Å². The average Bonchev–Trinajstić information content (AvgIpc) is 3.34. The first-order valence-corrected chi connectivity index (χ1v) is 13.1. The summed E-state index contributed by atoms with van der Waals surface area (Å²) in [7, 11) is 1.60. The molecular weight excluding hydrogens is 514 g/mol. The maximum Gasteiger partial charge on any atom is 0.226 e. The molecule has 39 heavy (non-hydrogen) atoms. The van der Waals surface area contributed by atoms with E-state index in [4.69, 9.17) is 20.0 Å². The van der Waals surface area contributed by atoms with Crippen LogP contribution in [0.5, 0.6) is 5.75 Å². The molecule has 0 saturated carbocycles. The maximum absolute atomic E-state index is 10.1. The van der Waals surface area contributed by atoms with E-state index in [-0.39, 0.29) is 23.6 Å². The van der Waals surface area contributed by atoms with E-state index in [2.05, 4.69) is 22.1 Å². The van der Waals surface area contributed by atoms with Crippen molar-refractivity contribution >= 4 is 17.6 Å². The summed E-state index contributed by atoms with van der Waals surface area (Å²) in [4.78, 5) is 9.01. The molecule has 4 N–H and O–H groups in total. The Morgan fingerprint density at radius 3 is 2.31 bits per heavy atom. The second-order valence-electron chi connectivity index (χ2n) is 8.76. The molecule has 0 unspecified atom stereocenters. The second-order valence-corrected chi connectivity index (χ2v) is 9.73. The predicted molar refractivity (Wildman–Crippen MR) is 148 cm³/mol. The number of aliphatic hydroxyl groups excluding tert-OH is 2. The number of aliphatic hydroxyl groups is 2. The Balaban J connectivity index is 1.61. The number of anilines is 1. The molecule has 0 aliphatic heterocycles. The van der Waals surface area contributed by atoms with Crippen molar-refractivity contribution in [2.75, 3.05) is 19.5 Å². The molecule has 0 aliphatic rings. The molecule has 0 aliphatic carbocycles. The zero-order valence-corrected chi connectivity index (χ0v) is 22.3. The fraction of sp³-hybridized carbons (Fsp3) is 0.241. The summed E-state index contributed by atoms with van der Waals surface area (Å²) < 4.78 is 11.1. The summed E-state index contributed by atoms with van der Waals surface area (Å²) in [6, 6.07) is 19.1. The number of thioether (sulfide) groups is 1. The van der Waals surface area contributed by atoms with Crippen LogP contribution in [0.1, 0.15) is 34.6 Å². The third-order valence-electron chi connectivity index (χ3n) is 6.21. The Kier molecular flexibility index (Phi) is 8.84. The van der Waals surface area contributed by atoms with Gasteiger partial charge in [0.15, 0.2) is 0 Å². The first-order chi connectivity index (χ1) is 18.9. The summed E-state index contributed by atoms with van der Waals surface area (Å²) in [6.07, 6.45) is 0.223. The van der Waals surface area contributed by atoms with Crippen molar-refractivity contribution in [2.45, 2.75) is 36.6 Å². The van der Waals surface area contributed by atoms with Gasteiger partial charge in [-0.15, -0.1) is 0 Å². The van der Waals surface area contributed by atoms with Crippen molar-refractivity contribution in [1.29, 1.82) is 10.5 Å². The van der Waals surface area contributed by atoms with Crippen molar-refractivity contribution in [3.63, 3.8) is 0 Å². The highest BCUT2D eigenvalue weighted by Gasteiger charge is 2.22. The highest BCUT2D eigenvalue weighted by atomic mass is 32.2. The minimum absolute atomic E-state index is 0.0416. The highest BCUT2D eigenvalue weighted by molar-refractivity contribution is 7.98. The molecule has 2 heterocycles. The molecule has 2 aromatic heterocycles. The second kappa shape index (κ2) is 12.5. The summed E-state index contributed by atoms with van der Waals surface area (Å²) in [5.41, 5.74) is 10.1. The normalized spacial score (nSPS) is 11.5. The molecular formula is C29H27N5O4S. The van der Waals surface area contributed by atoms with E-state index in [1.807, 2.05) is 55.5 Å². The number of benzene rings is 2. The monoisotopic (exact) mass is 541 g/mol. The number of hydrogen-bond acceptors (Lipinski definition) is 10. The molecule has 198 valence electrons. The number of aromatic nitrogens is 2. The van der Waals surface area contributed by atoms with Gasteiger partial charge in [0.05, 0.1) is 31.1 Å². The van der Waals surface area contributed by atoms with Crippen LogP contribution in [0.15, 0.2) is 58.0 Å². The van der Waals surface area contributed by atoms with E-state index >= 15 is 0 Å². The summed E-state index contributed by atoms with van der Waals surface area (Å²) in [5.74, 6) is 2.28. The van der Waals surface area contributed by atoms with E-state index < -0.39 is 6.10 Å². The van der Waals surface area contributed by atoms with E-state index in [0.717, 1.165) is 16.9 Å². The van der Waals surface area contributed by atoms with Gasteiger partial charge in [-0.25, -0.2) is 9.97 Å². The number of aryl methyl sites for hydroxylation is 2. The van der Waals surface area contributed by atoms with Crippen LogP contribution < -0.4 is 10.5 Å². The first-order valence-electron chi connectivity index (χ1n) is 12.1. The Bertz CT molecular complexity index is 1540. The maximum atomic E-state index is 10.1. The molecule has 1 atom stereocenters. The number of nitrogen functional groups attached to an aromatic ring is 1. The third-order valence-corrected chi connectivity index (χ3v) is 7.20. The molecule has 2 aromatic carbocycles. The molecule has 0 spiro atoms. The molecule has 0 amide bonds. The van der Waals surface area contributed by atoms with Gasteiger partial charge in [0, 0.05) is 16.9 Å². The lowest BCUT2D eigenvalue weighted by molar-refractivity contribution is 0.0886. The lowest BCUT2D eigenvalue weighted by Crippen LogP contribution is -2.12. The minimum atomic E-state index is -0.778. The molecule has 0 saturated heterocycles. The van der Waals surface area contributed by atoms with Gasteiger partial charge in [-0.2, -0.15) is 10.5 Å². The number of nitrogens with zero attached hydrogens (tertiary/aromatic N) is 4. The smallest absolute Gasteiger partial charge is 0.226 e. The van der Waals surface area contributed by atoms with Gasteiger partial charge in [-0.05, 0) is 55.2 Å². The largest absolute Gasteiger partial charge is 0.497 e. The molecule has 10 heteroatoms. The third kappa shape index (κ3) is 6.21. The van der Waals surface area contributed by atoms with Crippen LogP contribution in [0.25, 0.3) is 22.6 Å². The molecule has 4 aromatic rings. The Labute approximate surface area is 230 Å². The van der Waals surface area contributed by atoms with Crippen molar-refractivity contribution < 1.29 is 19.4 Å². The van der Waals surface area contributed by atoms with Gasteiger partial charge in [0.25, 0.3) is 0 Å². The average molecular weight is 542 g/mol. The highest BCUT2D eigenvalue weighted by Crippen LogP contribution is 2.37. The Morgan fingerprint density at radius 1 is 1.03 bits per heavy atom. The quantitative estimate of drug-likeness (QED) is 0.241. The topological polar surface area (TPSA) is 162 Å². The molecule has 9 nitrogen and oxygen atoms in total. The molecule has 0 fully saturated rings. The summed E-state index contributed by atoms with van der Waals surface area (Å²) >= 11 is 1.30. The van der Waals surface area contributed by atoms with Crippen LogP contribution in [0, 0.1) is 29.6 Å². The zero-order valence-electron chi connectivity index (χ0n) is 21.5. The van der Waals surface area contributed by atoms with E-state index in [1.54, 1.807) is 7.11 Å². The van der Waals surface area contributed by atoms with Crippen LogP contribution in [-0.2, 0) is 12.2 Å². The summed E-state index contributed by atoms with van der Waals surface area (Å²) in [6.45, 7) is 1.54. The number of nitrogens with two attached hydrogens (primary N) is 1. The van der Waals surface area contributed by atoms with Gasteiger partial charge >= 0.3 is 0 Å². The Hall–Kier alpha value is -4.35. The van der Waals surface area contributed by atoms with Crippen LogP contribution in [0.2, 0.25) is 0 Å². The van der Waals surface area contributed by atoms with Gasteiger partial charge in [-0.3, -0.25) is 0 Å². The van der Waals surface area contributed by atoms with Crippen LogP contribution in [0.3, 0.4) is 0 Å². The zero-order chi connectivity index (χ0) is 27.9. The van der Waals surface area contributed by atoms with Gasteiger partial charge in [-0.1, -0.05) is 36.0 Å². The lowest BCUT2D eigenvalue weighted by Gasteiger charge is -2.13. The van der Waals surface area contributed by atoms with E-state index in [0.29, 0.717) is 52.1 Å². The first kappa shape index (κ1) is 27.7. The van der Waals surface area contributed by atoms with Crippen LogP contribution in [0.4, 0.5) is 5.82 Å². The van der Waals surface area contributed by atoms with Crippen molar-refractivity contribution in [3.05, 3.63) is 76.7 Å². The van der Waals surface area contributed by atoms with Crippen LogP contribution >= 0.6 is 11.8 Å². The van der Waals surface area contributed by atoms with Gasteiger partial charge in [0.2, 0.25) is 5.89 Å². The van der Waals surface area contributed by atoms with E-state index in [9.17, 15) is 15.6 Å². The number of nitriles is 2. The SMILES string of the molecule is COc1ccc(-c2nc(CSc3nc(N)c(C#N)c(-c4ccc(CC[C@@H](O)CO)cc4)c3C#N)c(C)o2)cc1. The van der Waals surface area contributed by atoms with E-state index in [1.165, 1.54) is 11.8 Å². The predicted octanol–water partition coefficient (Wildman–Crippen LogP) is 4.62. The Morgan fingerprint density at radius 2 is 1.69 bits per heavy atom. The number of hydrogen-bond donors (Lipinski definition) is 3. The minimum Gasteiger partial charge on any atom is -0.497 e. The molecule has 4 rings (SSSR count). The summed E-state index contributed by atoms with van der Waals surface area (Å²) in [5, 5.41) is 39.0. The fourth-order valence-electron chi connectivity index (χ4n) is 4.01. The fourth-order valence-corrected chi connectivity index (χ4v) is 5.01. The number of oxazole rings is 1. The standard InChI is InChI=1S/C29H27N5O4S/c1-17-25(33-28(38-17)20-8-11-22(37-2)12-9-20)16-39-29-24(14-31)26(23(13-30)27(32)34-29)19-6-3-18(4-7-19)5-10-21(36)15-35/h3-4,6-9,11-12,21,35-36H,5,10,15-16H2,1-2H3,(H2,32,34)/t21-/m1/s1.